The number of nitrogens with one attached hydrogen (secondary N) is 1. The highest BCUT2D eigenvalue weighted by Gasteiger charge is 2.32. The van der Waals surface area contributed by atoms with E-state index >= 15 is 0 Å². The molecule has 1 amide bonds. The van der Waals surface area contributed by atoms with E-state index in [9.17, 15) is 9.59 Å². The van der Waals surface area contributed by atoms with Gasteiger partial charge in [-0.2, -0.15) is 0 Å². The maximum Gasteiger partial charge on any atom is 0.254 e. The van der Waals surface area contributed by atoms with Gasteiger partial charge in [-0.1, -0.05) is 24.3 Å². The molecule has 2 aliphatic rings. The molecule has 4 rings (SSSR count). The fraction of sp³-hybridized carbons (Fsp3) is 0.400. The predicted molar refractivity (Wildman–Crippen MR) is 103 cm³/mol. The lowest BCUT2D eigenvalue weighted by atomic mass is 10.0. The average Bonchev–Trinajstić information content (AvgIpc) is 3.40. The van der Waals surface area contributed by atoms with E-state index in [4.69, 9.17) is 0 Å². The molecular weight excluding hydrogens is 346 g/mol. The molecule has 2 saturated heterocycles. The zero-order valence-electron chi connectivity index (χ0n) is 14.7. The fourth-order valence-corrected chi connectivity index (χ4v) is 4.53. The summed E-state index contributed by atoms with van der Waals surface area (Å²) in [5.41, 5.74) is 1.03. The minimum atomic E-state index is -0.0678. The summed E-state index contributed by atoms with van der Waals surface area (Å²) in [7, 11) is 0. The molecular formula is C20H23N3O2S. The lowest BCUT2D eigenvalue weighted by Crippen LogP contribution is -2.49. The summed E-state index contributed by atoms with van der Waals surface area (Å²) < 4.78 is 0. The predicted octanol–water partition coefficient (Wildman–Crippen LogP) is 2.10. The second-order valence-electron chi connectivity index (χ2n) is 6.83. The smallest absolute Gasteiger partial charge is 0.254 e. The first-order valence-corrected chi connectivity index (χ1v) is 10.0. The van der Waals surface area contributed by atoms with Crippen LogP contribution >= 0.6 is 11.3 Å². The lowest BCUT2D eigenvalue weighted by molar-refractivity contribution is 0.0769. The number of hydrogen-bond acceptors (Lipinski definition) is 5. The fourth-order valence-electron chi connectivity index (χ4n) is 3.85. The van der Waals surface area contributed by atoms with Gasteiger partial charge < -0.3 is 10.2 Å². The van der Waals surface area contributed by atoms with Crippen LogP contribution in [0.1, 0.15) is 32.0 Å². The lowest BCUT2D eigenvalue weighted by Gasteiger charge is -2.32. The Hall–Kier alpha value is -2.02. The highest BCUT2D eigenvalue weighted by molar-refractivity contribution is 7.12. The number of amides is 1. The van der Waals surface area contributed by atoms with E-state index in [0.717, 1.165) is 45.7 Å². The quantitative estimate of drug-likeness (QED) is 0.839. The minimum Gasteiger partial charge on any atom is -0.337 e. The Kier molecular flexibility index (Phi) is 5.15. The van der Waals surface area contributed by atoms with Crippen LogP contribution in [0, 0.1) is 0 Å². The third kappa shape index (κ3) is 3.45. The molecule has 6 heteroatoms. The molecule has 26 heavy (non-hydrogen) atoms. The number of ketones is 1. The van der Waals surface area contributed by atoms with Crippen molar-refractivity contribution >= 4 is 23.0 Å². The molecule has 0 bridgehead atoms. The van der Waals surface area contributed by atoms with E-state index in [2.05, 4.69) is 10.2 Å². The molecule has 1 aromatic heterocycles. The molecule has 1 aromatic carbocycles. The first kappa shape index (κ1) is 17.4. The first-order chi connectivity index (χ1) is 12.7. The second kappa shape index (κ2) is 7.70. The van der Waals surface area contributed by atoms with Gasteiger partial charge in [0.05, 0.1) is 10.4 Å². The van der Waals surface area contributed by atoms with Gasteiger partial charge in [-0.15, -0.1) is 11.3 Å². The maximum atomic E-state index is 13.1. The van der Waals surface area contributed by atoms with E-state index in [-0.39, 0.29) is 11.7 Å². The van der Waals surface area contributed by atoms with Gasteiger partial charge in [-0.05, 0) is 23.9 Å². The molecule has 0 saturated carbocycles. The van der Waals surface area contributed by atoms with Crippen molar-refractivity contribution in [3.63, 3.8) is 0 Å². The van der Waals surface area contributed by atoms with Crippen molar-refractivity contribution in [3.8, 4) is 0 Å². The number of hydrogen-bond donors (Lipinski definition) is 1. The van der Waals surface area contributed by atoms with Crippen LogP contribution in [0.5, 0.6) is 0 Å². The van der Waals surface area contributed by atoms with Crippen LogP contribution in [0.25, 0.3) is 0 Å². The van der Waals surface area contributed by atoms with Gasteiger partial charge in [-0.3, -0.25) is 14.5 Å². The van der Waals surface area contributed by atoms with Crippen molar-refractivity contribution < 1.29 is 9.59 Å². The number of benzene rings is 1. The monoisotopic (exact) mass is 369 g/mol. The van der Waals surface area contributed by atoms with Crippen LogP contribution in [-0.2, 0) is 0 Å². The number of nitrogens with zero attached hydrogens (tertiary/aromatic N) is 2. The Morgan fingerprint density at radius 1 is 1.00 bits per heavy atom. The van der Waals surface area contributed by atoms with Crippen LogP contribution in [0.3, 0.4) is 0 Å². The van der Waals surface area contributed by atoms with Gasteiger partial charge in [0.2, 0.25) is 5.78 Å². The third-order valence-electron chi connectivity index (χ3n) is 5.27. The summed E-state index contributed by atoms with van der Waals surface area (Å²) in [5.74, 6) is -0.0926. The van der Waals surface area contributed by atoms with E-state index in [1.807, 2.05) is 34.5 Å². The van der Waals surface area contributed by atoms with Crippen LogP contribution in [0.15, 0.2) is 41.8 Å². The average molecular weight is 369 g/mol. The summed E-state index contributed by atoms with van der Waals surface area (Å²) in [4.78, 5) is 31.0. The highest BCUT2D eigenvalue weighted by Crippen LogP contribution is 2.23. The molecule has 0 aliphatic carbocycles. The molecule has 1 unspecified atom stereocenters. The molecule has 136 valence electrons. The van der Waals surface area contributed by atoms with Crippen molar-refractivity contribution in [2.45, 2.75) is 12.5 Å². The minimum absolute atomic E-state index is 0.0249. The zero-order chi connectivity index (χ0) is 17.9. The normalized spacial score (nSPS) is 21.1. The Morgan fingerprint density at radius 2 is 1.77 bits per heavy atom. The van der Waals surface area contributed by atoms with Gasteiger partial charge in [-0.25, -0.2) is 0 Å². The second-order valence-corrected chi connectivity index (χ2v) is 7.78. The summed E-state index contributed by atoms with van der Waals surface area (Å²) in [5, 5.41) is 5.26. The standard InChI is InChI=1S/C20H23N3O2S/c24-19(18-6-3-13-26-18)16-4-1-2-5-17(16)20(25)23-10-7-15(14-23)22-11-8-21-9-12-22/h1-6,13,15,21H,7-12,14H2. The topological polar surface area (TPSA) is 52.7 Å². The number of piperazine rings is 1. The Bertz CT molecular complexity index is 784. The van der Waals surface area contributed by atoms with Gasteiger partial charge in [0.1, 0.15) is 0 Å². The highest BCUT2D eigenvalue weighted by atomic mass is 32.1. The van der Waals surface area contributed by atoms with Crippen molar-refractivity contribution in [2.24, 2.45) is 0 Å². The van der Waals surface area contributed by atoms with Crippen LogP contribution in [0.4, 0.5) is 0 Å². The summed E-state index contributed by atoms with van der Waals surface area (Å²) in [6.45, 7) is 5.63. The van der Waals surface area contributed by atoms with E-state index in [1.165, 1.54) is 11.3 Å². The SMILES string of the molecule is O=C(c1cccs1)c1ccccc1C(=O)N1CCC(N2CCNCC2)C1. The molecule has 0 radical (unpaired) electrons. The number of rotatable bonds is 4. The zero-order valence-corrected chi connectivity index (χ0v) is 15.5. The summed E-state index contributed by atoms with van der Waals surface area (Å²) in [6.07, 6.45) is 1.01. The van der Waals surface area contributed by atoms with E-state index in [0.29, 0.717) is 22.0 Å². The molecule has 2 fully saturated rings. The Labute approximate surface area is 157 Å². The van der Waals surface area contributed by atoms with E-state index < -0.39 is 0 Å². The van der Waals surface area contributed by atoms with Crippen LogP contribution in [0.2, 0.25) is 0 Å². The molecule has 2 aromatic rings. The molecule has 5 nitrogen and oxygen atoms in total. The van der Waals surface area contributed by atoms with E-state index in [1.54, 1.807) is 12.1 Å². The summed E-state index contributed by atoms with van der Waals surface area (Å²) in [6, 6.07) is 11.3. The van der Waals surface area contributed by atoms with Gasteiger partial charge in [0, 0.05) is 50.9 Å². The Balaban J connectivity index is 1.51. The molecule has 2 aliphatic heterocycles. The molecule has 0 spiro atoms. The third-order valence-corrected chi connectivity index (χ3v) is 6.13. The van der Waals surface area contributed by atoms with Crippen molar-refractivity contribution in [3.05, 3.63) is 57.8 Å². The molecule has 3 heterocycles. The number of likely N-dealkylation sites (tertiary alicyclic amines) is 1. The van der Waals surface area contributed by atoms with Gasteiger partial charge >= 0.3 is 0 Å². The molecule has 1 N–H and O–H groups in total. The van der Waals surface area contributed by atoms with Crippen molar-refractivity contribution in [2.75, 3.05) is 39.3 Å². The number of carbonyl (C=O) groups is 2. The number of carbonyl (C=O) groups excluding carboxylic acids is 2. The van der Waals surface area contributed by atoms with Crippen LogP contribution in [-0.4, -0.2) is 66.8 Å². The van der Waals surface area contributed by atoms with Crippen LogP contribution < -0.4 is 5.32 Å². The van der Waals surface area contributed by atoms with Crippen molar-refractivity contribution in [1.82, 2.24) is 15.1 Å². The summed E-state index contributed by atoms with van der Waals surface area (Å²) >= 11 is 1.41. The number of thiophene rings is 1. The van der Waals surface area contributed by atoms with Crippen molar-refractivity contribution in [1.29, 1.82) is 0 Å². The first-order valence-electron chi connectivity index (χ1n) is 9.15. The largest absolute Gasteiger partial charge is 0.337 e. The van der Waals surface area contributed by atoms with Gasteiger partial charge in [0.25, 0.3) is 5.91 Å². The van der Waals surface area contributed by atoms with Gasteiger partial charge in [0.15, 0.2) is 0 Å². The Morgan fingerprint density at radius 3 is 2.50 bits per heavy atom. The maximum absolute atomic E-state index is 13.1. The molecule has 1 atom stereocenters.